The van der Waals surface area contributed by atoms with Crippen LogP contribution in [0.25, 0.3) is 0 Å². The van der Waals surface area contributed by atoms with Gasteiger partial charge >= 0.3 is 5.97 Å². The molecule has 96 valence electrons. The van der Waals surface area contributed by atoms with Gasteiger partial charge in [-0.2, -0.15) is 0 Å². The van der Waals surface area contributed by atoms with Gasteiger partial charge in [-0.1, -0.05) is 11.6 Å². The number of hydrogen-bond acceptors (Lipinski definition) is 3. The van der Waals surface area contributed by atoms with Gasteiger partial charge < -0.3 is 10.0 Å². The summed E-state index contributed by atoms with van der Waals surface area (Å²) < 4.78 is 0. The van der Waals surface area contributed by atoms with Gasteiger partial charge in [-0.15, -0.1) is 0 Å². The lowest BCUT2D eigenvalue weighted by Gasteiger charge is -2.20. The first-order valence-corrected chi connectivity index (χ1v) is 6.01. The van der Waals surface area contributed by atoms with Crippen molar-refractivity contribution in [2.45, 2.75) is 25.8 Å². The van der Waals surface area contributed by atoms with Crippen LogP contribution in [0.1, 0.15) is 28.9 Å². The number of pyridine rings is 1. The highest BCUT2D eigenvalue weighted by molar-refractivity contribution is 6.33. The second-order valence-corrected chi connectivity index (χ2v) is 4.77. The van der Waals surface area contributed by atoms with Crippen LogP contribution in [0.3, 0.4) is 0 Å². The van der Waals surface area contributed by atoms with Crippen molar-refractivity contribution in [2.75, 3.05) is 6.54 Å². The van der Waals surface area contributed by atoms with E-state index in [1.54, 1.807) is 13.0 Å². The SMILES string of the molecule is Cc1cc(Cl)c(C(=O)N(CC(=O)O)C2CC2)cn1. The Bertz CT molecular complexity index is 500. The van der Waals surface area contributed by atoms with Crippen LogP contribution in [-0.4, -0.2) is 39.5 Å². The summed E-state index contributed by atoms with van der Waals surface area (Å²) in [6, 6.07) is 1.62. The third-order valence-electron chi connectivity index (χ3n) is 2.77. The topological polar surface area (TPSA) is 70.5 Å². The number of rotatable bonds is 4. The number of nitrogens with zero attached hydrogens (tertiary/aromatic N) is 2. The summed E-state index contributed by atoms with van der Waals surface area (Å²) in [4.78, 5) is 28.4. The van der Waals surface area contributed by atoms with Crippen molar-refractivity contribution in [1.82, 2.24) is 9.88 Å². The largest absolute Gasteiger partial charge is 0.480 e. The van der Waals surface area contributed by atoms with Gasteiger partial charge in [-0.3, -0.25) is 14.6 Å². The van der Waals surface area contributed by atoms with Crippen molar-refractivity contribution in [2.24, 2.45) is 0 Å². The summed E-state index contributed by atoms with van der Waals surface area (Å²) in [5, 5.41) is 9.14. The highest BCUT2D eigenvalue weighted by Gasteiger charge is 2.35. The van der Waals surface area contributed by atoms with E-state index in [0.717, 1.165) is 12.8 Å². The monoisotopic (exact) mass is 268 g/mol. The minimum absolute atomic E-state index is 0.0194. The number of hydrogen-bond donors (Lipinski definition) is 1. The van der Waals surface area contributed by atoms with E-state index in [2.05, 4.69) is 4.98 Å². The molecule has 1 heterocycles. The molecule has 0 spiro atoms. The van der Waals surface area contributed by atoms with Crippen LogP contribution >= 0.6 is 11.6 Å². The highest BCUT2D eigenvalue weighted by Crippen LogP contribution is 2.29. The second-order valence-electron chi connectivity index (χ2n) is 4.36. The summed E-state index contributed by atoms with van der Waals surface area (Å²) in [5.74, 6) is -1.39. The predicted octanol–water partition coefficient (Wildman–Crippen LogP) is 1.73. The summed E-state index contributed by atoms with van der Waals surface area (Å²) in [7, 11) is 0. The maximum Gasteiger partial charge on any atom is 0.323 e. The number of carboxylic acid groups (broad SMARTS) is 1. The molecule has 0 aliphatic heterocycles. The van der Waals surface area contributed by atoms with Gasteiger partial charge in [-0.25, -0.2) is 0 Å². The molecule has 0 atom stereocenters. The van der Waals surface area contributed by atoms with Crippen molar-refractivity contribution >= 4 is 23.5 Å². The van der Waals surface area contributed by atoms with E-state index in [4.69, 9.17) is 16.7 Å². The molecule has 2 rings (SSSR count). The second kappa shape index (κ2) is 4.94. The summed E-state index contributed by atoms with van der Waals surface area (Å²) >= 11 is 6.00. The predicted molar refractivity (Wildman–Crippen MR) is 65.7 cm³/mol. The molecule has 1 N–H and O–H groups in total. The molecular formula is C12H13ClN2O3. The first kappa shape index (κ1) is 12.8. The average molecular weight is 269 g/mol. The molecule has 0 aromatic carbocycles. The molecule has 0 saturated heterocycles. The number of carbonyl (C=O) groups is 2. The van der Waals surface area contributed by atoms with Crippen LogP contribution < -0.4 is 0 Å². The van der Waals surface area contributed by atoms with Crippen molar-refractivity contribution in [1.29, 1.82) is 0 Å². The zero-order valence-electron chi connectivity index (χ0n) is 9.89. The van der Waals surface area contributed by atoms with E-state index in [9.17, 15) is 9.59 Å². The maximum atomic E-state index is 12.2. The van der Waals surface area contributed by atoms with Gasteiger partial charge in [0.15, 0.2) is 0 Å². The Labute approximate surface area is 109 Å². The molecule has 1 saturated carbocycles. The molecule has 1 amide bonds. The van der Waals surface area contributed by atoms with E-state index in [-0.39, 0.29) is 24.1 Å². The molecule has 0 radical (unpaired) electrons. The minimum Gasteiger partial charge on any atom is -0.480 e. The molecule has 6 heteroatoms. The molecule has 1 aromatic rings. The van der Waals surface area contributed by atoms with E-state index in [1.807, 2.05) is 0 Å². The minimum atomic E-state index is -1.02. The smallest absolute Gasteiger partial charge is 0.323 e. The Balaban J connectivity index is 2.24. The van der Waals surface area contributed by atoms with E-state index < -0.39 is 5.97 Å². The van der Waals surface area contributed by atoms with Crippen molar-refractivity contribution < 1.29 is 14.7 Å². The molecule has 5 nitrogen and oxygen atoms in total. The number of halogens is 1. The molecule has 1 aliphatic carbocycles. The Morgan fingerprint density at radius 1 is 1.56 bits per heavy atom. The number of aryl methyl sites for hydroxylation is 1. The fraction of sp³-hybridized carbons (Fsp3) is 0.417. The van der Waals surface area contributed by atoms with Gasteiger partial charge in [0.2, 0.25) is 0 Å². The van der Waals surface area contributed by atoms with Gasteiger partial charge in [-0.05, 0) is 25.8 Å². The van der Waals surface area contributed by atoms with E-state index in [0.29, 0.717) is 10.7 Å². The Morgan fingerprint density at radius 3 is 2.72 bits per heavy atom. The quantitative estimate of drug-likeness (QED) is 0.903. The van der Waals surface area contributed by atoms with Gasteiger partial charge in [0.05, 0.1) is 10.6 Å². The van der Waals surface area contributed by atoms with Crippen LogP contribution in [0.4, 0.5) is 0 Å². The molecular weight excluding hydrogens is 256 g/mol. The van der Waals surface area contributed by atoms with Crippen LogP contribution in [0.5, 0.6) is 0 Å². The number of aliphatic carboxylic acids is 1. The zero-order chi connectivity index (χ0) is 13.3. The highest BCUT2D eigenvalue weighted by atomic mass is 35.5. The first-order chi connectivity index (χ1) is 8.49. The number of carboxylic acids is 1. The van der Waals surface area contributed by atoms with Crippen molar-refractivity contribution in [3.63, 3.8) is 0 Å². The number of carbonyl (C=O) groups excluding carboxylic acids is 1. The Morgan fingerprint density at radius 2 is 2.22 bits per heavy atom. The maximum absolute atomic E-state index is 12.2. The van der Waals surface area contributed by atoms with E-state index in [1.165, 1.54) is 11.1 Å². The van der Waals surface area contributed by atoms with Crippen LogP contribution in [0.15, 0.2) is 12.3 Å². The molecule has 18 heavy (non-hydrogen) atoms. The van der Waals surface area contributed by atoms with Gasteiger partial charge in [0.1, 0.15) is 6.54 Å². The van der Waals surface area contributed by atoms with E-state index >= 15 is 0 Å². The van der Waals surface area contributed by atoms with Crippen molar-refractivity contribution in [3.8, 4) is 0 Å². The molecule has 1 fully saturated rings. The third-order valence-corrected chi connectivity index (χ3v) is 3.09. The van der Waals surface area contributed by atoms with Crippen LogP contribution in [-0.2, 0) is 4.79 Å². The summed E-state index contributed by atoms with van der Waals surface area (Å²) in [5.41, 5.74) is 0.975. The lowest BCUT2D eigenvalue weighted by Crippen LogP contribution is -2.37. The van der Waals surface area contributed by atoms with Crippen LogP contribution in [0, 0.1) is 6.92 Å². The lowest BCUT2D eigenvalue weighted by atomic mass is 10.2. The lowest BCUT2D eigenvalue weighted by molar-refractivity contribution is -0.137. The average Bonchev–Trinajstić information content (AvgIpc) is 3.08. The van der Waals surface area contributed by atoms with Gasteiger partial charge in [0, 0.05) is 17.9 Å². The summed E-state index contributed by atoms with van der Waals surface area (Å²) in [6.45, 7) is 1.48. The fourth-order valence-corrected chi connectivity index (χ4v) is 2.02. The van der Waals surface area contributed by atoms with Crippen LogP contribution in [0.2, 0.25) is 5.02 Å². The fourth-order valence-electron chi connectivity index (χ4n) is 1.74. The molecule has 1 aromatic heterocycles. The first-order valence-electron chi connectivity index (χ1n) is 5.64. The molecule has 0 unspecified atom stereocenters. The summed E-state index contributed by atoms with van der Waals surface area (Å²) in [6.07, 6.45) is 3.09. The molecule has 1 aliphatic rings. The Hall–Kier alpha value is -1.62. The molecule has 0 bridgehead atoms. The normalized spacial score (nSPS) is 14.3. The zero-order valence-corrected chi connectivity index (χ0v) is 10.6. The number of aromatic nitrogens is 1. The standard InChI is InChI=1S/C12H13ClN2O3/c1-7-4-10(13)9(5-14-7)12(18)15(6-11(16)17)8-2-3-8/h4-5,8H,2-3,6H2,1H3,(H,16,17). The Kier molecular flexibility index (Phi) is 3.52. The third kappa shape index (κ3) is 2.79. The van der Waals surface area contributed by atoms with Gasteiger partial charge in [0.25, 0.3) is 5.91 Å². The van der Waals surface area contributed by atoms with Crippen molar-refractivity contribution in [3.05, 3.63) is 28.5 Å². The number of amides is 1.